The maximum absolute atomic E-state index is 12.6. The lowest BCUT2D eigenvalue weighted by Crippen LogP contribution is -2.42. The molecule has 1 atom stereocenters. The average Bonchev–Trinajstić information content (AvgIpc) is 3.10. The van der Waals surface area contributed by atoms with Gasteiger partial charge in [-0.25, -0.2) is 0 Å². The molecule has 1 amide bonds. The van der Waals surface area contributed by atoms with Gasteiger partial charge >= 0.3 is 0 Å². The van der Waals surface area contributed by atoms with E-state index in [4.69, 9.17) is 10.5 Å². The van der Waals surface area contributed by atoms with Gasteiger partial charge in [-0.1, -0.05) is 31.4 Å². The molecule has 154 valence electrons. The summed E-state index contributed by atoms with van der Waals surface area (Å²) in [5.41, 5.74) is 7.16. The third-order valence-corrected chi connectivity index (χ3v) is 5.86. The van der Waals surface area contributed by atoms with Crippen molar-refractivity contribution < 1.29 is 9.53 Å². The van der Waals surface area contributed by atoms with Crippen LogP contribution in [-0.4, -0.2) is 38.7 Å². The molecule has 2 aliphatic rings. The van der Waals surface area contributed by atoms with E-state index in [1.165, 1.54) is 19.3 Å². The van der Waals surface area contributed by atoms with E-state index in [2.05, 4.69) is 16.3 Å². The summed E-state index contributed by atoms with van der Waals surface area (Å²) < 4.78 is 5.46. The minimum atomic E-state index is 0. The molecule has 2 fully saturated rings. The molecule has 1 aliphatic carbocycles. The summed E-state index contributed by atoms with van der Waals surface area (Å²) in [4.78, 5) is 14.9. The van der Waals surface area contributed by atoms with Crippen LogP contribution < -0.4 is 20.7 Å². The second-order valence-electron chi connectivity index (χ2n) is 7.61. The van der Waals surface area contributed by atoms with Crippen LogP contribution in [0.5, 0.6) is 5.75 Å². The van der Waals surface area contributed by atoms with E-state index in [9.17, 15) is 4.79 Å². The van der Waals surface area contributed by atoms with Gasteiger partial charge in [-0.2, -0.15) is 0 Å². The number of benzene rings is 1. The summed E-state index contributed by atoms with van der Waals surface area (Å²) in [6.45, 7) is 2.40. The predicted octanol–water partition coefficient (Wildman–Crippen LogP) is 3.53. The van der Waals surface area contributed by atoms with Crippen molar-refractivity contribution in [2.75, 3.05) is 31.6 Å². The largest absolute Gasteiger partial charge is 0.495 e. The van der Waals surface area contributed by atoms with Crippen LogP contribution in [0, 0.1) is 5.41 Å². The highest BCUT2D eigenvalue weighted by molar-refractivity contribution is 5.85. The Hall–Kier alpha value is -1.17. The fourth-order valence-corrected chi connectivity index (χ4v) is 4.36. The normalized spacial score (nSPS) is 21.0. The maximum atomic E-state index is 12.6. The Morgan fingerprint density at radius 1 is 1.26 bits per heavy atom. The van der Waals surface area contributed by atoms with Gasteiger partial charge < -0.3 is 20.7 Å². The number of nitrogens with zero attached hydrogens (tertiary/aromatic N) is 1. The number of amides is 1. The van der Waals surface area contributed by atoms with Crippen molar-refractivity contribution in [2.45, 2.75) is 51.0 Å². The molecule has 7 heteroatoms. The molecule has 0 spiro atoms. The number of para-hydroxylation sites is 2. The van der Waals surface area contributed by atoms with Crippen LogP contribution in [0.1, 0.15) is 44.9 Å². The summed E-state index contributed by atoms with van der Waals surface area (Å²) in [5.74, 6) is 1.05. The number of carbonyl (C=O) groups excluding carboxylic acids is 1. The summed E-state index contributed by atoms with van der Waals surface area (Å²) >= 11 is 0. The topological polar surface area (TPSA) is 67.6 Å². The first kappa shape index (κ1) is 23.9. The van der Waals surface area contributed by atoms with Gasteiger partial charge in [0.1, 0.15) is 5.75 Å². The molecule has 5 nitrogen and oxygen atoms in total. The lowest BCUT2D eigenvalue weighted by molar-refractivity contribution is -0.124. The fraction of sp³-hybridized carbons (Fsp3) is 0.650. The molecular formula is C20H33Cl2N3O2. The van der Waals surface area contributed by atoms with Crippen molar-refractivity contribution in [3.8, 4) is 5.75 Å². The molecule has 1 aromatic carbocycles. The number of nitrogens with two attached hydrogens (primary N) is 1. The summed E-state index contributed by atoms with van der Waals surface area (Å²) in [6, 6.07) is 8.27. The average molecular weight is 418 g/mol. The number of anilines is 1. The van der Waals surface area contributed by atoms with Crippen LogP contribution in [0.4, 0.5) is 5.69 Å². The van der Waals surface area contributed by atoms with E-state index in [-0.39, 0.29) is 42.2 Å². The minimum absolute atomic E-state index is 0. The first-order valence-electron chi connectivity index (χ1n) is 9.53. The van der Waals surface area contributed by atoms with Crippen LogP contribution in [-0.2, 0) is 4.79 Å². The summed E-state index contributed by atoms with van der Waals surface area (Å²) in [5, 5.41) is 3.25. The van der Waals surface area contributed by atoms with E-state index < -0.39 is 0 Å². The van der Waals surface area contributed by atoms with Gasteiger partial charge in [0.2, 0.25) is 5.91 Å². The van der Waals surface area contributed by atoms with Gasteiger partial charge in [0.05, 0.1) is 12.8 Å². The van der Waals surface area contributed by atoms with Crippen molar-refractivity contribution in [3.05, 3.63) is 24.3 Å². The number of halogens is 2. The van der Waals surface area contributed by atoms with Gasteiger partial charge in [0.25, 0.3) is 0 Å². The second kappa shape index (κ2) is 11.0. The molecule has 1 heterocycles. The molecule has 3 rings (SSSR count). The maximum Gasteiger partial charge on any atom is 0.220 e. The number of nitrogens with one attached hydrogen (secondary N) is 1. The number of rotatable bonds is 6. The molecular weight excluding hydrogens is 385 g/mol. The molecule has 0 aromatic heterocycles. The molecule has 1 saturated carbocycles. The third kappa shape index (κ3) is 5.90. The smallest absolute Gasteiger partial charge is 0.220 e. The van der Waals surface area contributed by atoms with Crippen molar-refractivity contribution in [3.63, 3.8) is 0 Å². The van der Waals surface area contributed by atoms with E-state index in [0.717, 1.165) is 43.8 Å². The Morgan fingerprint density at radius 3 is 2.63 bits per heavy atom. The number of hydrogen-bond donors (Lipinski definition) is 2. The van der Waals surface area contributed by atoms with Crippen LogP contribution in [0.3, 0.4) is 0 Å². The van der Waals surface area contributed by atoms with Crippen molar-refractivity contribution in [2.24, 2.45) is 11.1 Å². The van der Waals surface area contributed by atoms with Gasteiger partial charge in [0.15, 0.2) is 0 Å². The van der Waals surface area contributed by atoms with Crippen LogP contribution >= 0.6 is 24.8 Å². The zero-order valence-electron chi connectivity index (χ0n) is 16.1. The minimum Gasteiger partial charge on any atom is -0.495 e. The highest BCUT2D eigenvalue weighted by Crippen LogP contribution is 2.38. The predicted molar refractivity (Wildman–Crippen MR) is 115 cm³/mol. The molecule has 27 heavy (non-hydrogen) atoms. The molecule has 1 aliphatic heterocycles. The van der Waals surface area contributed by atoms with Crippen molar-refractivity contribution in [1.82, 2.24) is 5.32 Å². The highest BCUT2D eigenvalue weighted by Gasteiger charge is 2.34. The Morgan fingerprint density at radius 2 is 1.96 bits per heavy atom. The number of hydrogen-bond acceptors (Lipinski definition) is 4. The molecule has 3 N–H and O–H groups in total. The zero-order valence-corrected chi connectivity index (χ0v) is 17.7. The van der Waals surface area contributed by atoms with E-state index in [0.29, 0.717) is 13.0 Å². The SMILES string of the molecule is COc1ccccc1N1CCC(NC(=O)CC2(CN)CCCCC2)C1.Cl.Cl. The van der Waals surface area contributed by atoms with E-state index in [1.54, 1.807) is 7.11 Å². The van der Waals surface area contributed by atoms with Gasteiger partial charge in [-0.3, -0.25) is 4.79 Å². The van der Waals surface area contributed by atoms with E-state index in [1.807, 2.05) is 18.2 Å². The second-order valence-corrected chi connectivity index (χ2v) is 7.61. The Bertz CT molecular complexity index is 594. The molecule has 0 bridgehead atoms. The summed E-state index contributed by atoms with van der Waals surface area (Å²) in [7, 11) is 1.70. The Labute approximate surface area is 175 Å². The van der Waals surface area contributed by atoms with Crippen molar-refractivity contribution >= 4 is 36.4 Å². The third-order valence-electron chi connectivity index (χ3n) is 5.86. The van der Waals surface area contributed by atoms with Gasteiger partial charge in [-0.05, 0) is 43.4 Å². The fourth-order valence-electron chi connectivity index (χ4n) is 4.36. The Balaban J connectivity index is 0.00000182. The van der Waals surface area contributed by atoms with Crippen LogP contribution in [0.25, 0.3) is 0 Å². The lowest BCUT2D eigenvalue weighted by Gasteiger charge is -2.36. The standard InChI is InChI=1S/C20H31N3O2.2ClH/c1-25-18-8-4-3-7-17(18)23-12-9-16(14-23)22-19(24)13-20(15-21)10-5-2-6-11-20;;/h3-4,7-8,16H,2,5-6,9-15,21H2,1H3,(H,22,24);2*1H. The summed E-state index contributed by atoms with van der Waals surface area (Å²) in [6.07, 6.45) is 7.42. The molecule has 1 unspecified atom stereocenters. The molecule has 0 radical (unpaired) electrons. The number of ether oxygens (including phenoxy) is 1. The van der Waals surface area contributed by atoms with E-state index >= 15 is 0 Å². The number of carbonyl (C=O) groups is 1. The zero-order chi connectivity index (χ0) is 17.7. The monoisotopic (exact) mass is 417 g/mol. The van der Waals surface area contributed by atoms with Crippen molar-refractivity contribution in [1.29, 1.82) is 0 Å². The lowest BCUT2D eigenvalue weighted by atomic mass is 9.71. The Kier molecular flexibility index (Phi) is 9.71. The van der Waals surface area contributed by atoms with Gasteiger partial charge in [-0.15, -0.1) is 24.8 Å². The molecule has 1 aromatic rings. The first-order chi connectivity index (χ1) is 12.2. The molecule has 1 saturated heterocycles. The van der Waals surface area contributed by atoms with Crippen LogP contribution in [0.15, 0.2) is 24.3 Å². The van der Waals surface area contributed by atoms with Crippen LogP contribution in [0.2, 0.25) is 0 Å². The first-order valence-corrected chi connectivity index (χ1v) is 9.53. The van der Waals surface area contributed by atoms with Gasteiger partial charge in [0, 0.05) is 25.6 Å². The highest BCUT2D eigenvalue weighted by atomic mass is 35.5. The quantitative estimate of drug-likeness (QED) is 0.742. The number of methoxy groups -OCH3 is 1.